The summed E-state index contributed by atoms with van der Waals surface area (Å²) in [4.78, 5) is 29.4. The second-order valence-corrected chi connectivity index (χ2v) is 8.06. The van der Waals surface area contributed by atoms with E-state index in [0.717, 1.165) is 12.1 Å². The molecule has 2 aliphatic heterocycles. The van der Waals surface area contributed by atoms with E-state index in [0.29, 0.717) is 31.7 Å². The third-order valence-corrected chi connectivity index (χ3v) is 6.52. The maximum atomic E-state index is 13.0. The minimum Gasteiger partial charge on any atom is -0.391 e. The number of anilines is 1. The van der Waals surface area contributed by atoms with Gasteiger partial charge in [0.05, 0.1) is 6.10 Å². The molecule has 2 aliphatic rings. The molecule has 1 aromatic carbocycles. The largest absolute Gasteiger partial charge is 0.391 e. The fraction of sp³-hybridized carbons (Fsp3) is 0.400. The van der Waals surface area contributed by atoms with E-state index in [1.165, 1.54) is 10.4 Å². The predicted octanol–water partition coefficient (Wildman–Crippen LogP) is 2.58. The summed E-state index contributed by atoms with van der Waals surface area (Å²) < 4.78 is 0. The first-order valence-corrected chi connectivity index (χ1v) is 10.1. The van der Waals surface area contributed by atoms with E-state index in [4.69, 9.17) is 0 Å². The molecule has 27 heavy (non-hydrogen) atoms. The quantitative estimate of drug-likeness (QED) is 0.853. The average Bonchev–Trinajstić information content (AvgIpc) is 3.29. The summed E-state index contributed by atoms with van der Waals surface area (Å²) in [7, 11) is 0. The number of piperidine rings is 1. The Labute approximate surface area is 162 Å². The minimum absolute atomic E-state index is 0.0914. The Hall–Kier alpha value is -2.38. The standard InChI is InChI=1S/C20H23N3O3S/c1-13-6-10-27-18(13)16-5-8-22(12-17(16)24)19(25)14-3-2-4-15(11-14)23-9-7-21-20(23)26/h2-4,6,10-11,16-17,24H,5,7-9,12H2,1H3,(H,21,26)/t16-,17-/m1/s1. The van der Waals surface area contributed by atoms with Gasteiger partial charge >= 0.3 is 6.03 Å². The highest BCUT2D eigenvalue weighted by Gasteiger charge is 2.33. The molecule has 2 aromatic rings. The SMILES string of the molecule is Cc1ccsc1[C@@H]1CCN(C(=O)c2cccc(N3CCNC3=O)c2)C[C@H]1O. The van der Waals surface area contributed by atoms with Gasteiger partial charge in [-0.15, -0.1) is 11.3 Å². The zero-order valence-corrected chi connectivity index (χ0v) is 16.0. The maximum Gasteiger partial charge on any atom is 0.321 e. The number of carbonyl (C=O) groups is 2. The van der Waals surface area contributed by atoms with Crippen LogP contribution in [0.25, 0.3) is 0 Å². The van der Waals surface area contributed by atoms with E-state index < -0.39 is 6.10 Å². The molecule has 4 rings (SSSR count). The van der Waals surface area contributed by atoms with Crippen molar-refractivity contribution in [2.75, 3.05) is 31.1 Å². The van der Waals surface area contributed by atoms with Gasteiger partial charge in [-0.05, 0) is 48.6 Å². The first-order chi connectivity index (χ1) is 13.0. The van der Waals surface area contributed by atoms with E-state index in [2.05, 4.69) is 23.7 Å². The van der Waals surface area contributed by atoms with Crippen LogP contribution in [-0.4, -0.2) is 54.2 Å². The van der Waals surface area contributed by atoms with Crippen LogP contribution in [0.4, 0.5) is 10.5 Å². The second kappa shape index (κ2) is 7.32. The number of hydrogen-bond donors (Lipinski definition) is 2. The molecule has 1 aromatic heterocycles. The first-order valence-electron chi connectivity index (χ1n) is 9.21. The Morgan fingerprint density at radius 3 is 2.81 bits per heavy atom. The highest BCUT2D eigenvalue weighted by molar-refractivity contribution is 7.10. The van der Waals surface area contributed by atoms with Crippen molar-refractivity contribution >= 4 is 29.0 Å². The number of rotatable bonds is 3. The minimum atomic E-state index is -0.562. The second-order valence-electron chi connectivity index (χ2n) is 7.12. The number of benzene rings is 1. The molecule has 6 nitrogen and oxygen atoms in total. The van der Waals surface area contributed by atoms with Crippen LogP contribution in [0.2, 0.25) is 0 Å². The molecule has 2 atom stereocenters. The van der Waals surface area contributed by atoms with E-state index in [1.807, 2.05) is 6.07 Å². The molecule has 2 N–H and O–H groups in total. The normalized spacial score (nSPS) is 22.8. The van der Waals surface area contributed by atoms with Crippen molar-refractivity contribution in [1.29, 1.82) is 0 Å². The maximum absolute atomic E-state index is 13.0. The third-order valence-electron chi connectivity index (χ3n) is 5.37. The Morgan fingerprint density at radius 1 is 1.30 bits per heavy atom. The van der Waals surface area contributed by atoms with Gasteiger partial charge in [-0.1, -0.05) is 6.07 Å². The molecular weight excluding hydrogens is 362 g/mol. The topological polar surface area (TPSA) is 72.9 Å². The highest BCUT2D eigenvalue weighted by Crippen LogP contribution is 2.34. The summed E-state index contributed by atoms with van der Waals surface area (Å²) in [6.45, 7) is 4.22. The molecule has 3 heterocycles. The number of nitrogens with one attached hydrogen (secondary N) is 1. The van der Waals surface area contributed by atoms with Gasteiger partial charge in [0.15, 0.2) is 0 Å². The lowest BCUT2D eigenvalue weighted by Crippen LogP contribution is -2.45. The van der Waals surface area contributed by atoms with Crippen molar-refractivity contribution in [2.45, 2.75) is 25.4 Å². The predicted molar refractivity (Wildman–Crippen MR) is 106 cm³/mol. The van der Waals surface area contributed by atoms with Crippen molar-refractivity contribution < 1.29 is 14.7 Å². The van der Waals surface area contributed by atoms with Gasteiger partial charge in [0.2, 0.25) is 0 Å². The zero-order chi connectivity index (χ0) is 19.0. The summed E-state index contributed by atoms with van der Waals surface area (Å²) >= 11 is 1.68. The van der Waals surface area contributed by atoms with Gasteiger partial charge in [-0.3, -0.25) is 9.69 Å². The van der Waals surface area contributed by atoms with Gasteiger partial charge in [-0.2, -0.15) is 0 Å². The van der Waals surface area contributed by atoms with Crippen molar-refractivity contribution in [1.82, 2.24) is 10.2 Å². The number of aliphatic hydroxyl groups excluding tert-OH is 1. The molecule has 0 radical (unpaired) electrons. The van der Waals surface area contributed by atoms with Gasteiger partial charge < -0.3 is 15.3 Å². The van der Waals surface area contributed by atoms with Gasteiger partial charge in [-0.25, -0.2) is 4.79 Å². The van der Waals surface area contributed by atoms with Crippen molar-refractivity contribution in [3.63, 3.8) is 0 Å². The fourth-order valence-corrected chi connectivity index (χ4v) is 5.02. The smallest absolute Gasteiger partial charge is 0.321 e. The van der Waals surface area contributed by atoms with Crippen LogP contribution in [0.15, 0.2) is 35.7 Å². The number of aryl methyl sites for hydroxylation is 1. The van der Waals surface area contributed by atoms with Crippen LogP contribution in [-0.2, 0) is 0 Å². The van der Waals surface area contributed by atoms with Crippen LogP contribution < -0.4 is 10.2 Å². The number of carbonyl (C=O) groups excluding carboxylic acids is 2. The molecule has 0 unspecified atom stereocenters. The molecule has 2 saturated heterocycles. The van der Waals surface area contributed by atoms with Crippen LogP contribution in [0, 0.1) is 6.92 Å². The molecular formula is C20H23N3O3S. The van der Waals surface area contributed by atoms with Gasteiger partial charge in [0, 0.05) is 48.2 Å². The molecule has 0 bridgehead atoms. The van der Waals surface area contributed by atoms with Crippen LogP contribution in [0.1, 0.15) is 33.1 Å². The van der Waals surface area contributed by atoms with Crippen LogP contribution >= 0.6 is 11.3 Å². The van der Waals surface area contributed by atoms with Crippen molar-refractivity contribution in [3.05, 3.63) is 51.7 Å². The van der Waals surface area contributed by atoms with Crippen LogP contribution in [0.5, 0.6) is 0 Å². The molecule has 2 fully saturated rings. The summed E-state index contributed by atoms with van der Waals surface area (Å²) in [6.07, 6.45) is 0.190. The molecule has 0 saturated carbocycles. The average molecular weight is 385 g/mol. The van der Waals surface area contributed by atoms with E-state index >= 15 is 0 Å². The van der Waals surface area contributed by atoms with Crippen LogP contribution in [0.3, 0.4) is 0 Å². The molecule has 0 aliphatic carbocycles. The summed E-state index contributed by atoms with van der Waals surface area (Å²) in [5.41, 5.74) is 2.48. The number of urea groups is 1. The Kier molecular flexibility index (Phi) is 4.88. The molecule has 142 valence electrons. The van der Waals surface area contributed by atoms with Crippen molar-refractivity contribution in [3.8, 4) is 0 Å². The molecule has 3 amide bonds. The number of amides is 3. The van der Waals surface area contributed by atoms with E-state index in [9.17, 15) is 14.7 Å². The van der Waals surface area contributed by atoms with Gasteiger partial charge in [0.1, 0.15) is 0 Å². The number of nitrogens with zero attached hydrogens (tertiary/aromatic N) is 2. The molecule has 0 spiro atoms. The lowest BCUT2D eigenvalue weighted by Gasteiger charge is -2.36. The van der Waals surface area contributed by atoms with E-state index in [1.54, 1.807) is 39.3 Å². The lowest BCUT2D eigenvalue weighted by molar-refractivity contribution is 0.0387. The first kappa shape index (κ1) is 18.0. The third kappa shape index (κ3) is 3.44. The fourth-order valence-electron chi connectivity index (χ4n) is 3.89. The summed E-state index contributed by atoms with van der Waals surface area (Å²) in [6, 6.07) is 9.10. The number of thiophene rings is 1. The van der Waals surface area contributed by atoms with Crippen molar-refractivity contribution in [2.24, 2.45) is 0 Å². The monoisotopic (exact) mass is 385 g/mol. The summed E-state index contributed by atoms with van der Waals surface area (Å²) in [5, 5.41) is 15.5. The van der Waals surface area contributed by atoms with E-state index in [-0.39, 0.29) is 17.9 Å². The zero-order valence-electron chi connectivity index (χ0n) is 15.2. The van der Waals surface area contributed by atoms with Gasteiger partial charge in [0.25, 0.3) is 5.91 Å². The molecule has 7 heteroatoms. The Balaban J connectivity index is 1.48. The Bertz CT molecular complexity index is 866. The number of likely N-dealkylation sites (tertiary alicyclic amines) is 1. The summed E-state index contributed by atoms with van der Waals surface area (Å²) in [5.74, 6) is -0.00876. The highest BCUT2D eigenvalue weighted by atomic mass is 32.1. The Morgan fingerprint density at radius 2 is 2.15 bits per heavy atom. The lowest BCUT2D eigenvalue weighted by atomic mass is 9.90. The number of hydrogen-bond acceptors (Lipinski definition) is 4. The number of aliphatic hydroxyl groups is 1. The number of β-amino-alcohol motifs (C(OH)–C–C–N with tert-alkyl or cyclic N) is 1.